The molecule has 0 aliphatic carbocycles. The first-order chi connectivity index (χ1) is 7.12. The Labute approximate surface area is 106 Å². The van der Waals surface area contributed by atoms with Gasteiger partial charge in [0.1, 0.15) is 0 Å². The largest absolute Gasteiger partial charge is 0.390 e. The Morgan fingerprint density at radius 1 is 0.750 bits per heavy atom. The predicted octanol–water partition coefficient (Wildman–Crippen LogP) is 5.66. The monoisotopic (exact) mass is 234 g/mol. The van der Waals surface area contributed by atoms with Crippen LogP contribution in [0.15, 0.2) is 0 Å². The van der Waals surface area contributed by atoms with Crippen molar-refractivity contribution in [3.63, 3.8) is 0 Å². The SMILES string of the molecule is CC.CC.CC(C)(C)CC(C)(C)O.CCC. The zero-order valence-corrected chi connectivity index (χ0v) is 13.9. The van der Waals surface area contributed by atoms with Crippen molar-refractivity contribution in [1.29, 1.82) is 0 Å². The Balaban J connectivity index is -0.0000000864. The minimum Gasteiger partial charge on any atom is -0.390 e. The molecule has 0 atom stereocenters. The van der Waals surface area contributed by atoms with Crippen LogP contribution in [0.25, 0.3) is 0 Å². The Morgan fingerprint density at radius 3 is 0.938 bits per heavy atom. The molecule has 0 aliphatic heterocycles. The Morgan fingerprint density at radius 2 is 0.938 bits per heavy atom. The Kier molecular flexibility index (Phi) is 23.3. The highest BCUT2D eigenvalue weighted by molar-refractivity contribution is 4.74. The number of rotatable bonds is 1. The molecular weight excluding hydrogens is 196 g/mol. The standard InChI is InChI=1S/C8H18O.C3H8.2C2H6/c1-7(2,3)6-8(4,5)9;1-3-2;2*1-2/h9H,6H2,1-5H3;3H2,1-2H3;2*1-2H3. The zero-order valence-electron chi connectivity index (χ0n) is 13.9. The van der Waals surface area contributed by atoms with Crippen molar-refractivity contribution in [2.24, 2.45) is 5.41 Å². The van der Waals surface area contributed by atoms with Gasteiger partial charge in [0, 0.05) is 0 Å². The lowest BCUT2D eigenvalue weighted by atomic mass is 9.84. The van der Waals surface area contributed by atoms with Gasteiger partial charge in [-0.05, 0) is 25.7 Å². The number of hydrogen-bond acceptors (Lipinski definition) is 1. The van der Waals surface area contributed by atoms with E-state index in [2.05, 4.69) is 34.6 Å². The average molecular weight is 234 g/mol. The molecule has 0 heterocycles. The molecule has 0 aromatic rings. The molecule has 104 valence electrons. The maximum absolute atomic E-state index is 9.35. The highest BCUT2D eigenvalue weighted by atomic mass is 16.3. The summed E-state index contributed by atoms with van der Waals surface area (Å²) in [5, 5.41) is 9.35. The molecule has 0 amide bonds. The third-order valence-electron chi connectivity index (χ3n) is 0.963. The summed E-state index contributed by atoms with van der Waals surface area (Å²) in [5.41, 5.74) is -0.281. The normalized spacial score (nSPS) is 9.75. The minimum atomic E-state index is -0.516. The smallest absolute Gasteiger partial charge is 0.0596 e. The van der Waals surface area contributed by atoms with Gasteiger partial charge in [0.05, 0.1) is 5.60 Å². The minimum absolute atomic E-state index is 0.234. The summed E-state index contributed by atoms with van der Waals surface area (Å²) in [6, 6.07) is 0. The third-order valence-corrected chi connectivity index (χ3v) is 0.963. The van der Waals surface area contributed by atoms with Crippen LogP contribution < -0.4 is 0 Å². The van der Waals surface area contributed by atoms with Crippen LogP contribution in [0.5, 0.6) is 0 Å². The van der Waals surface area contributed by atoms with Gasteiger partial charge in [-0.3, -0.25) is 0 Å². The van der Waals surface area contributed by atoms with Crippen LogP contribution in [-0.2, 0) is 0 Å². The van der Waals surface area contributed by atoms with E-state index in [-0.39, 0.29) is 5.41 Å². The van der Waals surface area contributed by atoms with Gasteiger partial charge in [-0.1, -0.05) is 68.7 Å². The van der Waals surface area contributed by atoms with Crippen molar-refractivity contribution < 1.29 is 5.11 Å². The maximum atomic E-state index is 9.35. The summed E-state index contributed by atoms with van der Waals surface area (Å²) in [4.78, 5) is 0. The topological polar surface area (TPSA) is 20.2 Å². The van der Waals surface area contributed by atoms with Gasteiger partial charge in [0.25, 0.3) is 0 Å². The lowest BCUT2D eigenvalue weighted by Crippen LogP contribution is -2.25. The second kappa shape index (κ2) is 15.0. The molecule has 0 radical (unpaired) electrons. The molecule has 1 N–H and O–H groups in total. The summed E-state index contributed by atoms with van der Waals surface area (Å²) in [7, 11) is 0. The molecule has 0 unspecified atom stereocenters. The van der Waals surface area contributed by atoms with Crippen molar-refractivity contribution in [3.8, 4) is 0 Å². The molecule has 1 nitrogen and oxygen atoms in total. The van der Waals surface area contributed by atoms with Gasteiger partial charge in [0.2, 0.25) is 0 Å². The summed E-state index contributed by atoms with van der Waals surface area (Å²) in [5.74, 6) is 0. The Hall–Kier alpha value is -0.0400. The van der Waals surface area contributed by atoms with E-state index >= 15 is 0 Å². The molecule has 0 aliphatic rings. The van der Waals surface area contributed by atoms with E-state index in [1.165, 1.54) is 6.42 Å². The average Bonchev–Trinajstić information content (AvgIpc) is 2.06. The van der Waals surface area contributed by atoms with E-state index in [0.717, 1.165) is 6.42 Å². The maximum Gasteiger partial charge on any atom is 0.0596 e. The fourth-order valence-electron chi connectivity index (χ4n) is 1.30. The van der Waals surface area contributed by atoms with Crippen molar-refractivity contribution >= 4 is 0 Å². The highest BCUT2D eigenvalue weighted by Crippen LogP contribution is 2.26. The zero-order chi connectivity index (χ0) is 14.4. The fraction of sp³-hybridized carbons (Fsp3) is 1.00. The highest BCUT2D eigenvalue weighted by Gasteiger charge is 2.21. The van der Waals surface area contributed by atoms with Crippen LogP contribution in [0, 0.1) is 5.41 Å². The van der Waals surface area contributed by atoms with E-state index in [1.807, 2.05) is 41.5 Å². The molecule has 16 heavy (non-hydrogen) atoms. The molecule has 0 spiro atoms. The molecule has 0 saturated carbocycles. The molecular formula is C15H38O. The van der Waals surface area contributed by atoms with Crippen LogP contribution in [-0.4, -0.2) is 10.7 Å². The molecule has 0 rings (SSSR count). The lowest BCUT2D eigenvalue weighted by Gasteiger charge is -2.27. The van der Waals surface area contributed by atoms with Crippen LogP contribution in [0.1, 0.15) is 89.0 Å². The molecule has 0 saturated heterocycles. The summed E-state index contributed by atoms with van der Waals surface area (Å²) < 4.78 is 0. The third kappa shape index (κ3) is 66.0. The van der Waals surface area contributed by atoms with Crippen LogP contribution in [0.2, 0.25) is 0 Å². The van der Waals surface area contributed by atoms with Gasteiger partial charge >= 0.3 is 0 Å². The van der Waals surface area contributed by atoms with Gasteiger partial charge in [0.15, 0.2) is 0 Å². The van der Waals surface area contributed by atoms with E-state index < -0.39 is 5.60 Å². The number of aliphatic hydroxyl groups is 1. The van der Waals surface area contributed by atoms with Crippen molar-refractivity contribution in [3.05, 3.63) is 0 Å². The molecule has 0 fully saturated rings. The van der Waals surface area contributed by atoms with Crippen molar-refractivity contribution in [1.82, 2.24) is 0 Å². The van der Waals surface area contributed by atoms with Crippen LogP contribution in [0.3, 0.4) is 0 Å². The first kappa shape index (κ1) is 25.0. The van der Waals surface area contributed by atoms with Crippen LogP contribution >= 0.6 is 0 Å². The molecule has 1 heteroatoms. The van der Waals surface area contributed by atoms with E-state index in [1.54, 1.807) is 0 Å². The second-order valence-corrected chi connectivity index (χ2v) is 5.26. The predicted molar refractivity (Wildman–Crippen MR) is 79.0 cm³/mol. The first-order valence-electron chi connectivity index (χ1n) is 6.84. The lowest BCUT2D eigenvalue weighted by molar-refractivity contribution is 0.0371. The Bertz CT molecular complexity index is 81.0. The summed E-state index contributed by atoms with van der Waals surface area (Å²) in [6.07, 6.45) is 2.10. The van der Waals surface area contributed by atoms with E-state index in [4.69, 9.17) is 0 Å². The summed E-state index contributed by atoms with van der Waals surface area (Å²) >= 11 is 0. The molecule has 0 aromatic carbocycles. The molecule has 0 aromatic heterocycles. The fourth-order valence-corrected chi connectivity index (χ4v) is 1.30. The van der Waals surface area contributed by atoms with E-state index in [9.17, 15) is 5.11 Å². The van der Waals surface area contributed by atoms with Gasteiger partial charge in [-0.25, -0.2) is 0 Å². The van der Waals surface area contributed by atoms with E-state index in [0.29, 0.717) is 0 Å². The first-order valence-corrected chi connectivity index (χ1v) is 6.84. The van der Waals surface area contributed by atoms with Gasteiger partial charge < -0.3 is 5.11 Å². The van der Waals surface area contributed by atoms with Gasteiger partial charge in [-0.2, -0.15) is 0 Å². The summed E-state index contributed by atoms with van der Waals surface area (Å²) in [6.45, 7) is 22.3. The number of hydrogen-bond donors (Lipinski definition) is 1. The molecule has 0 bridgehead atoms. The van der Waals surface area contributed by atoms with Gasteiger partial charge in [-0.15, -0.1) is 0 Å². The van der Waals surface area contributed by atoms with Crippen molar-refractivity contribution in [2.75, 3.05) is 0 Å². The van der Waals surface area contributed by atoms with Crippen LogP contribution in [0.4, 0.5) is 0 Å². The second-order valence-electron chi connectivity index (χ2n) is 5.26. The quantitative estimate of drug-likeness (QED) is 0.620. The van der Waals surface area contributed by atoms with Crippen molar-refractivity contribution in [2.45, 2.75) is 94.6 Å².